The first-order valence-electron chi connectivity index (χ1n) is 12.4. The highest BCUT2D eigenvalue weighted by Crippen LogP contribution is 2.25. The Morgan fingerprint density at radius 2 is 1.77 bits per heavy atom. The van der Waals surface area contributed by atoms with Crippen LogP contribution in [0.25, 0.3) is 0 Å². The lowest BCUT2D eigenvalue weighted by Crippen LogP contribution is -2.49. The number of aromatic nitrogens is 3. The van der Waals surface area contributed by atoms with Crippen LogP contribution in [0.1, 0.15) is 45.4 Å². The predicted octanol–water partition coefficient (Wildman–Crippen LogP) is 4.18. The van der Waals surface area contributed by atoms with Crippen LogP contribution in [-0.4, -0.2) is 71.9 Å². The lowest BCUT2D eigenvalue weighted by Gasteiger charge is -2.34. The van der Waals surface area contributed by atoms with Crippen LogP contribution >= 0.6 is 0 Å². The van der Waals surface area contributed by atoms with Crippen LogP contribution in [0.15, 0.2) is 18.2 Å². The molecule has 2 aliphatic rings. The number of carbonyl (C=O) groups is 1. The zero-order valence-corrected chi connectivity index (χ0v) is 20.4. The molecule has 2 N–H and O–H groups in total. The third kappa shape index (κ3) is 6.61. The van der Waals surface area contributed by atoms with E-state index >= 15 is 0 Å². The number of halogens is 1. The molecule has 4 rings (SSSR count). The number of methoxy groups -OCH3 is 1. The number of amides is 1. The molecule has 1 aromatic carbocycles. The van der Waals surface area contributed by atoms with Gasteiger partial charge in [0, 0.05) is 44.0 Å². The largest absolute Gasteiger partial charge is 0.494 e. The minimum atomic E-state index is -0.473. The maximum absolute atomic E-state index is 14.2. The topological polar surface area (TPSA) is 105 Å². The van der Waals surface area contributed by atoms with Gasteiger partial charge < -0.3 is 29.9 Å². The zero-order chi connectivity index (χ0) is 24.6. The molecule has 1 aromatic heterocycles. The molecule has 0 bridgehead atoms. The van der Waals surface area contributed by atoms with E-state index in [1.165, 1.54) is 38.9 Å². The number of benzene rings is 1. The molecule has 11 heteroatoms. The van der Waals surface area contributed by atoms with E-state index < -0.39 is 5.82 Å². The fourth-order valence-corrected chi connectivity index (χ4v) is 4.41. The molecule has 1 saturated heterocycles. The summed E-state index contributed by atoms with van der Waals surface area (Å²) in [5.74, 6) is 1.02. The Morgan fingerprint density at radius 1 is 1.06 bits per heavy atom. The van der Waals surface area contributed by atoms with E-state index in [-0.39, 0.29) is 11.8 Å². The molecular weight excluding hydrogens is 453 g/mol. The molecule has 0 unspecified atom stereocenters. The molecular formula is C24H34FN7O3. The van der Waals surface area contributed by atoms with Crippen molar-refractivity contribution in [3.8, 4) is 5.75 Å². The van der Waals surface area contributed by atoms with Crippen LogP contribution in [0.3, 0.4) is 0 Å². The van der Waals surface area contributed by atoms with Gasteiger partial charge in [0.05, 0.1) is 13.7 Å². The van der Waals surface area contributed by atoms with Gasteiger partial charge in [0.1, 0.15) is 0 Å². The summed E-state index contributed by atoms with van der Waals surface area (Å²) in [4.78, 5) is 29.7. The van der Waals surface area contributed by atoms with Gasteiger partial charge >= 0.3 is 6.09 Å². The van der Waals surface area contributed by atoms with Crippen LogP contribution in [-0.2, 0) is 4.74 Å². The fraction of sp³-hybridized carbons (Fsp3) is 0.583. The third-order valence-electron chi connectivity index (χ3n) is 6.31. The van der Waals surface area contributed by atoms with Crippen LogP contribution in [0, 0.1) is 5.82 Å². The van der Waals surface area contributed by atoms with Gasteiger partial charge in [-0.2, -0.15) is 15.0 Å². The summed E-state index contributed by atoms with van der Waals surface area (Å²) in [6, 6.07) is 4.92. The average molecular weight is 488 g/mol. The van der Waals surface area contributed by atoms with E-state index in [0.29, 0.717) is 62.4 Å². The SMILES string of the molecule is CCOC(=O)N1CCN(c2nc(Nc3ccc(OC)c(F)c3)nc(NC3CCCCCC3)n2)CC1. The number of carbonyl (C=O) groups excluding carboxylic acids is 1. The Hall–Kier alpha value is -3.37. The maximum Gasteiger partial charge on any atom is 0.409 e. The second-order valence-corrected chi connectivity index (χ2v) is 8.76. The van der Waals surface area contributed by atoms with Gasteiger partial charge in [-0.05, 0) is 31.9 Å². The quantitative estimate of drug-likeness (QED) is 0.557. The van der Waals surface area contributed by atoms with E-state index in [9.17, 15) is 9.18 Å². The van der Waals surface area contributed by atoms with Crippen LogP contribution < -0.4 is 20.3 Å². The Labute approximate surface area is 205 Å². The molecule has 1 aliphatic carbocycles. The van der Waals surface area contributed by atoms with E-state index in [1.807, 2.05) is 4.90 Å². The van der Waals surface area contributed by atoms with Crippen LogP contribution in [0.5, 0.6) is 5.75 Å². The first kappa shape index (κ1) is 24.7. The Morgan fingerprint density at radius 3 is 2.43 bits per heavy atom. The number of rotatable bonds is 7. The van der Waals surface area contributed by atoms with E-state index in [2.05, 4.69) is 20.6 Å². The van der Waals surface area contributed by atoms with E-state index in [1.54, 1.807) is 24.0 Å². The van der Waals surface area contributed by atoms with E-state index in [4.69, 9.17) is 14.5 Å². The molecule has 190 valence electrons. The Bertz CT molecular complexity index is 993. The summed E-state index contributed by atoms with van der Waals surface area (Å²) in [5, 5.41) is 6.59. The summed E-state index contributed by atoms with van der Waals surface area (Å²) in [6.07, 6.45) is 6.71. The number of nitrogens with one attached hydrogen (secondary N) is 2. The van der Waals surface area contributed by atoms with Gasteiger partial charge in [0.25, 0.3) is 0 Å². The number of hydrogen-bond acceptors (Lipinski definition) is 9. The molecule has 0 spiro atoms. The van der Waals surface area contributed by atoms with Gasteiger partial charge in [0.15, 0.2) is 11.6 Å². The van der Waals surface area contributed by atoms with Crippen molar-refractivity contribution < 1.29 is 18.7 Å². The summed E-state index contributed by atoms with van der Waals surface area (Å²) in [7, 11) is 1.43. The highest BCUT2D eigenvalue weighted by atomic mass is 19.1. The minimum Gasteiger partial charge on any atom is -0.494 e. The standard InChI is InChI=1S/C24H34FN7O3/c1-3-35-24(33)32-14-12-31(13-15-32)23-29-21(26-17-8-6-4-5-7-9-17)28-22(30-23)27-18-10-11-20(34-2)19(25)16-18/h10-11,16-17H,3-9,12-15H2,1-2H3,(H2,26,27,28,29,30). The number of ether oxygens (including phenoxy) is 2. The van der Waals surface area contributed by atoms with Crippen LogP contribution in [0.4, 0.5) is 32.7 Å². The molecule has 2 aromatic rings. The van der Waals surface area contributed by atoms with Crippen molar-refractivity contribution in [1.29, 1.82) is 0 Å². The van der Waals surface area contributed by atoms with Gasteiger partial charge in [-0.25, -0.2) is 9.18 Å². The molecule has 0 atom stereocenters. The number of nitrogens with zero attached hydrogens (tertiary/aromatic N) is 5. The highest BCUT2D eigenvalue weighted by Gasteiger charge is 2.25. The van der Waals surface area contributed by atoms with Crippen molar-refractivity contribution in [2.75, 3.05) is 55.4 Å². The second kappa shape index (κ2) is 11.9. The molecule has 1 saturated carbocycles. The van der Waals surface area contributed by atoms with Crippen LogP contribution in [0.2, 0.25) is 0 Å². The number of anilines is 4. The Balaban J connectivity index is 1.54. The molecule has 2 heterocycles. The first-order valence-corrected chi connectivity index (χ1v) is 12.4. The minimum absolute atomic E-state index is 0.169. The normalized spacial score (nSPS) is 17.0. The molecule has 2 fully saturated rings. The van der Waals surface area contributed by atoms with Gasteiger partial charge in [-0.15, -0.1) is 0 Å². The van der Waals surface area contributed by atoms with Crippen molar-refractivity contribution in [3.05, 3.63) is 24.0 Å². The van der Waals surface area contributed by atoms with E-state index in [0.717, 1.165) is 12.8 Å². The molecule has 0 radical (unpaired) electrons. The summed E-state index contributed by atoms with van der Waals surface area (Å²) >= 11 is 0. The summed E-state index contributed by atoms with van der Waals surface area (Å²) < 4.78 is 24.3. The number of hydrogen-bond donors (Lipinski definition) is 2. The van der Waals surface area contributed by atoms with Gasteiger partial charge in [-0.1, -0.05) is 25.7 Å². The van der Waals surface area contributed by atoms with Crippen molar-refractivity contribution in [1.82, 2.24) is 19.9 Å². The van der Waals surface area contributed by atoms with Crippen molar-refractivity contribution in [2.24, 2.45) is 0 Å². The fourth-order valence-electron chi connectivity index (χ4n) is 4.41. The van der Waals surface area contributed by atoms with Crippen molar-refractivity contribution in [2.45, 2.75) is 51.5 Å². The molecule has 1 amide bonds. The predicted molar refractivity (Wildman–Crippen MR) is 132 cm³/mol. The second-order valence-electron chi connectivity index (χ2n) is 8.76. The smallest absolute Gasteiger partial charge is 0.409 e. The molecule has 35 heavy (non-hydrogen) atoms. The Kier molecular flexibility index (Phi) is 8.38. The van der Waals surface area contributed by atoms with Crippen molar-refractivity contribution in [3.63, 3.8) is 0 Å². The first-order chi connectivity index (χ1) is 17.1. The lowest BCUT2D eigenvalue weighted by molar-refractivity contribution is 0.105. The summed E-state index contributed by atoms with van der Waals surface area (Å²) in [5.41, 5.74) is 0.507. The summed E-state index contributed by atoms with van der Waals surface area (Å²) in [6.45, 7) is 4.32. The van der Waals surface area contributed by atoms with Crippen molar-refractivity contribution >= 4 is 29.6 Å². The maximum atomic E-state index is 14.2. The zero-order valence-electron chi connectivity index (χ0n) is 20.4. The third-order valence-corrected chi connectivity index (χ3v) is 6.31. The van der Waals surface area contributed by atoms with Gasteiger partial charge in [-0.3, -0.25) is 0 Å². The molecule has 1 aliphatic heterocycles. The lowest BCUT2D eigenvalue weighted by atomic mass is 10.1. The highest BCUT2D eigenvalue weighted by molar-refractivity contribution is 5.68. The monoisotopic (exact) mass is 487 g/mol. The van der Waals surface area contributed by atoms with Gasteiger partial charge in [0.2, 0.25) is 17.8 Å². The average Bonchev–Trinajstić information content (AvgIpc) is 3.13. The number of piperazine rings is 1. The molecule has 10 nitrogen and oxygen atoms in total.